The van der Waals surface area contributed by atoms with Crippen LogP contribution in [0.5, 0.6) is 0 Å². The van der Waals surface area contributed by atoms with E-state index in [4.69, 9.17) is 4.52 Å². The van der Waals surface area contributed by atoms with Gasteiger partial charge in [0, 0.05) is 43.7 Å². The second kappa shape index (κ2) is 7.50. The second-order valence-electron chi connectivity index (χ2n) is 9.03. The minimum atomic E-state index is -0.00516. The number of piperidine rings is 2. The number of hydrogen-bond donors (Lipinski definition) is 1. The van der Waals surface area contributed by atoms with Gasteiger partial charge >= 0.3 is 0 Å². The van der Waals surface area contributed by atoms with Crippen LogP contribution in [0, 0.1) is 5.92 Å². The average Bonchev–Trinajstić information content (AvgIpc) is 3.68. The van der Waals surface area contributed by atoms with Gasteiger partial charge in [-0.1, -0.05) is 5.16 Å². The fourth-order valence-corrected chi connectivity index (χ4v) is 4.65. The summed E-state index contributed by atoms with van der Waals surface area (Å²) in [5.74, 6) is 1.71. The summed E-state index contributed by atoms with van der Waals surface area (Å²) in [6, 6.07) is 2.74. The van der Waals surface area contributed by atoms with Crippen molar-refractivity contribution in [2.75, 3.05) is 26.2 Å². The van der Waals surface area contributed by atoms with Gasteiger partial charge in [-0.05, 0) is 57.9 Å². The summed E-state index contributed by atoms with van der Waals surface area (Å²) < 4.78 is 5.34. The number of aromatic nitrogens is 1. The topological polar surface area (TPSA) is 78.7 Å². The maximum absolute atomic E-state index is 12.7. The Morgan fingerprint density at radius 1 is 1.04 bits per heavy atom. The number of rotatable bonds is 5. The first-order valence-electron chi connectivity index (χ1n) is 11.0. The molecule has 0 aromatic carbocycles. The quantitative estimate of drug-likeness (QED) is 0.839. The predicted octanol–water partition coefficient (Wildman–Crippen LogP) is 2.15. The molecule has 3 heterocycles. The van der Waals surface area contributed by atoms with Gasteiger partial charge in [0.15, 0.2) is 5.69 Å². The fourth-order valence-electron chi connectivity index (χ4n) is 4.65. The van der Waals surface area contributed by atoms with Crippen molar-refractivity contribution in [3.05, 3.63) is 17.5 Å². The van der Waals surface area contributed by atoms with Crippen LogP contribution in [0.25, 0.3) is 0 Å². The fraction of sp³-hybridized carbons (Fsp3) is 0.762. The number of likely N-dealkylation sites (tertiary alicyclic amines) is 2. The molecule has 1 atom stereocenters. The standard InChI is InChI=1S/C21H30N4O3/c26-20(22-16-5-6-16)15-2-1-9-25(13-15)17-7-10-24(11-8-17)21(27)18-12-19(28-23-18)14-3-4-14/h12,14-17H,1-11,13H2,(H,22,26)/t15-/m1/s1. The molecule has 2 aliphatic heterocycles. The summed E-state index contributed by atoms with van der Waals surface area (Å²) >= 11 is 0. The number of hydrogen-bond acceptors (Lipinski definition) is 5. The summed E-state index contributed by atoms with van der Waals surface area (Å²) in [6.45, 7) is 3.44. The lowest BCUT2D eigenvalue weighted by Gasteiger charge is -2.41. The molecule has 28 heavy (non-hydrogen) atoms. The van der Waals surface area contributed by atoms with Crippen LogP contribution in [-0.2, 0) is 4.79 Å². The van der Waals surface area contributed by atoms with E-state index < -0.39 is 0 Å². The van der Waals surface area contributed by atoms with Crippen LogP contribution >= 0.6 is 0 Å². The number of nitrogens with one attached hydrogen (secondary N) is 1. The third-order valence-corrected chi connectivity index (χ3v) is 6.74. The van der Waals surface area contributed by atoms with Crippen molar-refractivity contribution >= 4 is 11.8 Å². The highest BCUT2D eigenvalue weighted by molar-refractivity contribution is 5.92. The lowest BCUT2D eigenvalue weighted by molar-refractivity contribution is -0.127. The lowest BCUT2D eigenvalue weighted by atomic mass is 9.93. The first-order valence-corrected chi connectivity index (χ1v) is 11.0. The molecule has 0 unspecified atom stereocenters. The Morgan fingerprint density at radius 3 is 2.54 bits per heavy atom. The van der Waals surface area contributed by atoms with Crippen molar-refractivity contribution in [2.45, 2.75) is 69.4 Å². The molecule has 1 aromatic rings. The Bertz CT molecular complexity index is 732. The van der Waals surface area contributed by atoms with Gasteiger partial charge in [-0.3, -0.25) is 14.5 Å². The highest BCUT2D eigenvalue weighted by atomic mass is 16.5. The van der Waals surface area contributed by atoms with Crippen LogP contribution in [0.3, 0.4) is 0 Å². The molecule has 1 aromatic heterocycles. The maximum Gasteiger partial charge on any atom is 0.276 e. The van der Waals surface area contributed by atoms with Crippen LogP contribution in [0.2, 0.25) is 0 Å². The minimum Gasteiger partial charge on any atom is -0.360 e. The highest BCUT2D eigenvalue weighted by Gasteiger charge is 2.35. The molecule has 4 fully saturated rings. The lowest BCUT2D eigenvalue weighted by Crippen LogP contribution is -2.51. The molecular formula is C21H30N4O3. The van der Waals surface area contributed by atoms with Crippen molar-refractivity contribution in [3.63, 3.8) is 0 Å². The van der Waals surface area contributed by atoms with Gasteiger partial charge in [0.2, 0.25) is 5.91 Å². The third kappa shape index (κ3) is 3.95. The summed E-state index contributed by atoms with van der Waals surface area (Å²) in [6.07, 6.45) is 8.59. The molecule has 1 N–H and O–H groups in total. The summed E-state index contributed by atoms with van der Waals surface area (Å²) in [4.78, 5) is 29.5. The van der Waals surface area contributed by atoms with Crippen molar-refractivity contribution in [2.24, 2.45) is 5.92 Å². The van der Waals surface area contributed by atoms with Gasteiger partial charge in [0.05, 0.1) is 5.92 Å². The van der Waals surface area contributed by atoms with Gasteiger partial charge in [-0.2, -0.15) is 0 Å². The molecule has 7 nitrogen and oxygen atoms in total. The first kappa shape index (κ1) is 18.2. The Hall–Kier alpha value is -1.89. The SMILES string of the molecule is O=C(NC1CC1)[C@@H]1CCCN(C2CCN(C(=O)c3cc(C4CC4)on3)CC2)C1. The van der Waals surface area contributed by atoms with Crippen LogP contribution in [0.1, 0.15) is 73.5 Å². The zero-order chi connectivity index (χ0) is 19.1. The van der Waals surface area contributed by atoms with Gasteiger partial charge in [-0.15, -0.1) is 0 Å². The molecule has 152 valence electrons. The second-order valence-corrected chi connectivity index (χ2v) is 9.03. The van der Waals surface area contributed by atoms with Crippen molar-refractivity contribution in [3.8, 4) is 0 Å². The maximum atomic E-state index is 12.7. The Kier molecular flexibility index (Phi) is 4.87. The first-order chi connectivity index (χ1) is 13.7. The van der Waals surface area contributed by atoms with E-state index in [2.05, 4.69) is 15.4 Å². The number of carbonyl (C=O) groups is 2. The van der Waals surface area contributed by atoms with Crippen molar-refractivity contribution in [1.29, 1.82) is 0 Å². The van der Waals surface area contributed by atoms with Crippen molar-refractivity contribution in [1.82, 2.24) is 20.3 Å². The molecule has 4 aliphatic rings. The van der Waals surface area contributed by atoms with E-state index in [-0.39, 0.29) is 17.7 Å². The van der Waals surface area contributed by atoms with Crippen LogP contribution < -0.4 is 5.32 Å². The molecule has 0 radical (unpaired) electrons. The normalized spacial score (nSPS) is 27.0. The molecule has 2 amide bonds. The zero-order valence-electron chi connectivity index (χ0n) is 16.4. The highest BCUT2D eigenvalue weighted by Crippen LogP contribution is 2.40. The summed E-state index contributed by atoms with van der Waals surface area (Å²) in [5.41, 5.74) is 0.454. The molecule has 2 saturated heterocycles. The molecular weight excluding hydrogens is 356 g/mol. The van der Waals surface area contributed by atoms with Crippen LogP contribution in [0.15, 0.2) is 10.6 Å². The minimum absolute atomic E-state index is 0.00516. The number of amides is 2. The number of nitrogens with zero attached hydrogens (tertiary/aromatic N) is 3. The molecule has 2 saturated carbocycles. The summed E-state index contributed by atoms with van der Waals surface area (Å²) in [5, 5.41) is 7.17. The van der Waals surface area contributed by atoms with Gasteiger partial charge in [0.1, 0.15) is 5.76 Å². The molecule has 5 rings (SSSR count). The molecule has 7 heteroatoms. The zero-order valence-corrected chi connectivity index (χ0v) is 16.4. The monoisotopic (exact) mass is 386 g/mol. The van der Waals surface area contributed by atoms with Crippen LogP contribution in [0.4, 0.5) is 0 Å². The largest absolute Gasteiger partial charge is 0.360 e. The molecule has 0 spiro atoms. The third-order valence-electron chi connectivity index (χ3n) is 6.74. The predicted molar refractivity (Wildman–Crippen MR) is 103 cm³/mol. The van der Waals surface area contributed by atoms with E-state index >= 15 is 0 Å². The van der Waals surface area contributed by atoms with Crippen molar-refractivity contribution < 1.29 is 14.1 Å². The summed E-state index contributed by atoms with van der Waals surface area (Å²) in [7, 11) is 0. The van der Waals surface area contributed by atoms with E-state index in [9.17, 15) is 9.59 Å². The van der Waals surface area contributed by atoms with E-state index in [1.165, 1.54) is 0 Å². The smallest absolute Gasteiger partial charge is 0.276 e. The Balaban J connectivity index is 1.12. The molecule has 2 aliphatic carbocycles. The molecule has 0 bridgehead atoms. The van der Waals surface area contributed by atoms with E-state index in [1.807, 2.05) is 11.0 Å². The van der Waals surface area contributed by atoms with E-state index in [1.54, 1.807) is 0 Å². The van der Waals surface area contributed by atoms with Gasteiger partial charge in [-0.25, -0.2) is 0 Å². The average molecular weight is 386 g/mol. The Labute approximate surface area is 165 Å². The van der Waals surface area contributed by atoms with Gasteiger partial charge < -0.3 is 14.7 Å². The Morgan fingerprint density at radius 2 is 1.82 bits per heavy atom. The van der Waals surface area contributed by atoms with E-state index in [0.29, 0.717) is 23.7 Å². The van der Waals surface area contributed by atoms with Crippen LogP contribution in [-0.4, -0.2) is 65.0 Å². The van der Waals surface area contributed by atoms with E-state index in [0.717, 1.165) is 83.3 Å². The van der Waals surface area contributed by atoms with Gasteiger partial charge in [0.25, 0.3) is 5.91 Å². The number of carbonyl (C=O) groups excluding carboxylic acids is 2.